The molecule has 2 fully saturated rings. The third kappa shape index (κ3) is 3.87. The van der Waals surface area contributed by atoms with E-state index in [2.05, 4.69) is 5.32 Å². The second-order valence-electron chi connectivity index (χ2n) is 5.63. The summed E-state index contributed by atoms with van der Waals surface area (Å²) in [5, 5.41) is 22.8. The van der Waals surface area contributed by atoms with E-state index < -0.39 is 11.6 Å². The van der Waals surface area contributed by atoms with Gasteiger partial charge in [-0.1, -0.05) is 0 Å². The number of carbonyl (C=O) groups is 1. The van der Waals surface area contributed by atoms with E-state index in [1.807, 2.05) is 11.8 Å². The molecule has 0 amide bonds. The zero-order valence-corrected chi connectivity index (χ0v) is 11.5. The van der Waals surface area contributed by atoms with Crippen molar-refractivity contribution in [1.29, 1.82) is 0 Å². The maximum atomic E-state index is 10.9. The third-order valence-corrected chi connectivity index (χ3v) is 5.36. The molecule has 0 spiro atoms. The minimum Gasteiger partial charge on any atom is -0.481 e. The molecular formula is C13H23NO3S. The number of hydrogen-bond acceptors (Lipinski definition) is 4. The van der Waals surface area contributed by atoms with Crippen LogP contribution in [0.15, 0.2) is 0 Å². The van der Waals surface area contributed by atoms with Gasteiger partial charge < -0.3 is 15.5 Å². The lowest BCUT2D eigenvalue weighted by atomic mass is 9.78. The van der Waals surface area contributed by atoms with Gasteiger partial charge in [0.2, 0.25) is 0 Å². The maximum absolute atomic E-state index is 10.9. The minimum atomic E-state index is -0.714. The lowest BCUT2D eigenvalue weighted by Gasteiger charge is -2.36. The van der Waals surface area contributed by atoms with Crippen molar-refractivity contribution in [3.05, 3.63) is 0 Å². The molecule has 2 rings (SSSR count). The lowest BCUT2D eigenvalue weighted by Crippen LogP contribution is -2.48. The molecule has 1 atom stereocenters. The van der Waals surface area contributed by atoms with Crippen molar-refractivity contribution in [3.63, 3.8) is 0 Å². The first-order chi connectivity index (χ1) is 8.59. The van der Waals surface area contributed by atoms with Crippen molar-refractivity contribution >= 4 is 17.7 Å². The maximum Gasteiger partial charge on any atom is 0.306 e. The van der Waals surface area contributed by atoms with Gasteiger partial charge in [0.25, 0.3) is 0 Å². The summed E-state index contributed by atoms with van der Waals surface area (Å²) in [7, 11) is 0. The van der Waals surface area contributed by atoms with Crippen LogP contribution >= 0.6 is 11.8 Å². The standard InChI is InChI=1S/C13H23NO3S/c15-12(16)10-3-5-13(17,6-4-10)9-14-11-2-1-7-18-8-11/h10-11,14,17H,1-9H2,(H,15,16). The molecule has 2 aliphatic rings. The Kier molecular flexibility index (Phi) is 4.92. The number of aliphatic carboxylic acids is 1. The molecule has 1 aliphatic carbocycles. The van der Waals surface area contributed by atoms with E-state index in [1.54, 1.807) is 0 Å². The average molecular weight is 273 g/mol. The van der Waals surface area contributed by atoms with Gasteiger partial charge in [0, 0.05) is 18.3 Å². The highest BCUT2D eigenvalue weighted by Gasteiger charge is 2.35. The molecule has 1 aliphatic heterocycles. The lowest BCUT2D eigenvalue weighted by molar-refractivity contribution is -0.144. The number of nitrogens with one attached hydrogen (secondary N) is 1. The summed E-state index contributed by atoms with van der Waals surface area (Å²) < 4.78 is 0. The fraction of sp³-hybridized carbons (Fsp3) is 0.923. The molecule has 104 valence electrons. The first-order valence-corrected chi connectivity index (χ1v) is 8.01. The van der Waals surface area contributed by atoms with Gasteiger partial charge in [0.05, 0.1) is 11.5 Å². The molecule has 4 nitrogen and oxygen atoms in total. The molecule has 0 aromatic rings. The van der Waals surface area contributed by atoms with Crippen LogP contribution in [0.1, 0.15) is 38.5 Å². The predicted octanol–water partition coefficient (Wildman–Crippen LogP) is 1.48. The summed E-state index contributed by atoms with van der Waals surface area (Å²) in [6.07, 6.45) is 4.87. The van der Waals surface area contributed by atoms with Gasteiger partial charge in [-0.15, -0.1) is 0 Å². The average Bonchev–Trinajstić information content (AvgIpc) is 2.38. The smallest absolute Gasteiger partial charge is 0.306 e. The van der Waals surface area contributed by atoms with Gasteiger partial charge in [-0.3, -0.25) is 4.79 Å². The summed E-state index contributed by atoms with van der Waals surface area (Å²) in [4.78, 5) is 10.9. The molecule has 1 saturated carbocycles. The molecular weight excluding hydrogens is 250 g/mol. The summed E-state index contributed by atoms with van der Waals surface area (Å²) in [5.41, 5.74) is -0.686. The zero-order valence-electron chi connectivity index (χ0n) is 10.7. The summed E-state index contributed by atoms with van der Waals surface area (Å²) in [6.45, 7) is 0.616. The molecule has 0 aromatic heterocycles. The summed E-state index contributed by atoms with van der Waals surface area (Å²) in [5.74, 6) is 1.42. The number of carboxylic acids is 1. The normalized spacial score (nSPS) is 37.4. The van der Waals surface area contributed by atoms with Gasteiger partial charge >= 0.3 is 5.97 Å². The van der Waals surface area contributed by atoms with Gasteiger partial charge in [-0.2, -0.15) is 11.8 Å². The monoisotopic (exact) mass is 273 g/mol. The Morgan fingerprint density at radius 1 is 1.33 bits per heavy atom. The fourth-order valence-corrected chi connectivity index (χ4v) is 3.92. The molecule has 1 heterocycles. The van der Waals surface area contributed by atoms with E-state index in [-0.39, 0.29) is 5.92 Å². The molecule has 1 unspecified atom stereocenters. The molecule has 1 saturated heterocycles. The first kappa shape index (κ1) is 14.2. The number of hydrogen-bond donors (Lipinski definition) is 3. The second-order valence-corrected chi connectivity index (χ2v) is 6.78. The van der Waals surface area contributed by atoms with Crippen molar-refractivity contribution in [3.8, 4) is 0 Å². The van der Waals surface area contributed by atoms with Crippen LogP contribution in [-0.4, -0.2) is 45.9 Å². The van der Waals surface area contributed by atoms with Crippen LogP contribution in [0.25, 0.3) is 0 Å². The van der Waals surface area contributed by atoms with E-state index in [0.717, 1.165) is 5.75 Å². The van der Waals surface area contributed by atoms with Crippen LogP contribution < -0.4 is 5.32 Å². The second kappa shape index (κ2) is 6.26. The largest absolute Gasteiger partial charge is 0.481 e. The number of carboxylic acid groups (broad SMARTS) is 1. The van der Waals surface area contributed by atoms with Crippen molar-refractivity contribution in [2.45, 2.75) is 50.2 Å². The van der Waals surface area contributed by atoms with E-state index in [1.165, 1.54) is 18.6 Å². The Hall–Kier alpha value is -0.260. The molecule has 0 radical (unpaired) electrons. The summed E-state index contributed by atoms with van der Waals surface area (Å²) >= 11 is 1.97. The van der Waals surface area contributed by atoms with Crippen LogP contribution in [0.5, 0.6) is 0 Å². The number of aliphatic hydroxyl groups is 1. The Morgan fingerprint density at radius 2 is 2.06 bits per heavy atom. The van der Waals surface area contributed by atoms with E-state index in [0.29, 0.717) is 38.3 Å². The zero-order chi connectivity index (χ0) is 13.0. The molecule has 0 bridgehead atoms. The van der Waals surface area contributed by atoms with E-state index in [9.17, 15) is 9.90 Å². The predicted molar refractivity (Wildman–Crippen MR) is 72.9 cm³/mol. The highest BCUT2D eigenvalue weighted by Crippen LogP contribution is 2.32. The highest BCUT2D eigenvalue weighted by molar-refractivity contribution is 7.99. The topological polar surface area (TPSA) is 69.6 Å². The first-order valence-electron chi connectivity index (χ1n) is 6.85. The fourth-order valence-electron chi connectivity index (χ4n) is 2.81. The number of thioether (sulfide) groups is 1. The third-order valence-electron chi connectivity index (χ3n) is 4.15. The number of rotatable bonds is 4. The Bertz CT molecular complexity index is 284. The molecule has 18 heavy (non-hydrogen) atoms. The van der Waals surface area contributed by atoms with Crippen molar-refractivity contribution in [2.24, 2.45) is 5.92 Å². The Morgan fingerprint density at radius 3 is 2.61 bits per heavy atom. The van der Waals surface area contributed by atoms with E-state index in [4.69, 9.17) is 5.11 Å². The van der Waals surface area contributed by atoms with Crippen molar-refractivity contribution in [2.75, 3.05) is 18.1 Å². The van der Waals surface area contributed by atoms with Crippen molar-refractivity contribution in [1.82, 2.24) is 5.32 Å². The van der Waals surface area contributed by atoms with E-state index >= 15 is 0 Å². The highest BCUT2D eigenvalue weighted by atomic mass is 32.2. The molecule has 0 aromatic carbocycles. The van der Waals surface area contributed by atoms with Gasteiger partial charge in [0.1, 0.15) is 0 Å². The quantitative estimate of drug-likeness (QED) is 0.724. The van der Waals surface area contributed by atoms with Crippen LogP contribution in [0.2, 0.25) is 0 Å². The van der Waals surface area contributed by atoms with Crippen LogP contribution in [-0.2, 0) is 4.79 Å². The Balaban J connectivity index is 1.73. The van der Waals surface area contributed by atoms with Crippen LogP contribution in [0, 0.1) is 5.92 Å². The van der Waals surface area contributed by atoms with Crippen molar-refractivity contribution < 1.29 is 15.0 Å². The minimum absolute atomic E-state index is 0.254. The van der Waals surface area contributed by atoms with Crippen LogP contribution in [0.4, 0.5) is 0 Å². The molecule has 5 heteroatoms. The Labute approximate surface area is 113 Å². The van der Waals surface area contributed by atoms with Crippen LogP contribution in [0.3, 0.4) is 0 Å². The summed E-state index contributed by atoms with van der Waals surface area (Å²) in [6, 6.07) is 0.518. The van der Waals surface area contributed by atoms with Gasteiger partial charge in [-0.05, 0) is 44.3 Å². The SMILES string of the molecule is O=C(O)C1CCC(O)(CNC2CCCSC2)CC1. The van der Waals surface area contributed by atoms with Gasteiger partial charge in [0.15, 0.2) is 0 Å². The molecule has 3 N–H and O–H groups in total. The van der Waals surface area contributed by atoms with Gasteiger partial charge in [-0.25, -0.2) is 0 Å².